The number of hydrogen-bond acceptors (Lipinski definition) is 3. The second-order valence-electron chi connectivity index (χ2n) is 4.93. The average Bonchev–Trinajstić information content (AvgIpc) is 2.20. The molecule has 0 fully saturated rings. The van der Waals surface area contributed by atoms with Gasteiger partial charge in [-0.2, -0.15) is 0 Å². The summed E-state index contributed by atoms with van der Waals surface area (Å²) in [5.41, 5.74) is 12.9. The van der Waals surface area contributed by atoms with Crippen LogP contribution >= 0.6 is 0 Å². The Hall–Kier alpha value is -1.71. The summed E-state index contributed by atoms with van der Waals surface area (Å²) in [6, 6.07) is 5.04. The Morgan fingerprint density at radius 1 is 1.41 bits per heavy atom. The zero-order valence-electron chi connectivity index (χ0n) is 10.7. The quantitative estimate of drug-likeness (QED) is 0.685. The van der Waals surface area contributed by atoms with Gasteiger partial charge in [-0.1, -0.05) is 13.3 Å². The number of benzene rings is 1. The van der Waals surface area contributed by atoms with Gasteiger partial charge in [0.2, 0.25) is 5.91 Å². The summed E-state index contributed by atoms with van der Waals surface area (Å²) in [4.78, 5) is 11.1. The molecule has 0 spiro atoms. The Balaban J connectivity index is 2.97. The monoisotopic (exact) mass is 235 g/mol. The standard InChI is InChI=1S/C13H21N3O/c1-4-7-13(2,3)16-11-8-9(12(15)17)5-6-10(11)14/h5-6,8,16H,4,7,14H2,1-3H3,(H2,15,17). The maximum Gasteiger partial charge on any atom is 0.248 e. The van der Waals surface area contributed by atoms with Crippen molar-refractivity contribution in [2.75, 3.05) is 11.1 Å². The molecule has 4 heteroatoms. The molecule has 1 amide bonds. The largest absolute Gasteiger partial charge is 0.397 e. The second kappa shape index (κ2) is 5.08. The maximum atomic E-state index is 11.1. The number of rotatable bonds is 5. The summed E-state index contributed by atoms with van der Waals surface area (Å²) in [6.07, 6.45) is 2.10. The Kier molecular flexibility index (Phi) is 3.99. The van der Waals surface area contributed by atoms with Crippen LogP contribution in [0, 0.1) is 0 Å². The van der Waals surface area contributed by atoms with Crippen molar-refractivity contribution in [3.05, 3.63) is 23.8 Å². The molecule has 0 saturated carbocycles. The number of carbonyl (C=O) groups is 1. The van der Waals surface area contributed by atoms with Crippen molar-refractivity contribution in [3.8, 4) is 0 Å². The Labute approximate surface area is 102 Å². The summed E-state index contributed by atoms with van der Waals surface area (Å²) in [6.45, 7) is 6.34. The molecule has 0 bridgehead atoms. The minimum Gasteiger partial charge on any atom is -0.397 e. The summed E-state index contributed by atoms with van der Waals surface area (Å²) in [5.74, 6) is -0.443. The molecule has 0 aliphatic rings. The Bertz CT molecular complexity index is 413. The smallest absolute Gasteiger partial charge is 0.248 e. The number of nitrogens with two attached hydrogens (primary N) is 2. The Morgan fingerprint density at radius 3 is 2.59 bits per heavy atom. The fraction of sp³-hybridized carbons (Fsp3) is 0.462. The summed E-state index contributed by atoms with van der Waals surface area (Å²) in [7, 11) is 0. The van der Waals surface area contributed by atoms with Crippen LogP contribution in [-0.4, -0.2) is 11.4 Å². The molecule has 1 rings (SSSR count). The molecule has 1 aromatic rings. The SMILES string of the molecule is CCCC(C)(C)Nc1cc(C(N)=O)ccc1N. The third-order valence-corrected chi connectivity index (χ3v) is 2.69. The minimum absolute atomic E-state index is 0.0564. The van der Waals surface area contributed by atoms with Gasteiger partial charge in [0, 0.05) is 11.1 Å². The molecular weight excluding hydrogens is 214 g/mol. The number of carbonyl (C=O) groups excluding carboxylic acids is 1. The van der Waals surface area contributed by atoms with Crippen LogP contribution in [0.1, 0.15) is 44.0 Å². The van der Waals surface area contributed by atoms with Gasteiger partial charge in [0.15, 0.2) is 0 Å². The number of amides is 1. The molecule has 0 aromatic heterocycles. The highest BCUT2D eigenvalue weighted by Gasteiger charge is 2.17. The van der Waals surface area contributed by atoms with E-state index in [2.05, 4.69) is 26.1 Å². The summed E-state index contributed by atoms with van der Waals surface area (Å²) >= 11 is 0. The molecule has 0 aliphatic carbocycles. The van der Waals surface area contributed by atoms with Crippen molar-refractivity contribution >= 4 is 17.3 Å². The van der Waals surface area contributed by atoms with E-state index in [9.17, 15) is 4.79 Å². The molecular formula is C13H21N3O. The fourth-order valence-corrected chi connectivity index (χ4v) is 1.87. The second-order valence-corrected chi connectivity index (χ2v) is 4.93. The topological polar surface area (TPSA) is 81.1 Å². The van der Waals surface area contributed by atoms with E-state index in [0.29, 0.717) is 11.3 Å². The maximum absolute atomic E-state index is 11.1. The molecule has 0 radical (unpaired) electrons. The molecule has 0 heterocycles. The predicted molar refractivity (Wildman–Crippen MR) is 72.0 cm³/mol. The minimum atomic E-state index is -0.443. The van der Waals surface area contributed by atoms with Crippen molar-refractivity contribution in [2.24, 2.45) is 5.73 Å². The van der Waals surface area contributed by atoms with Gasteiger partial charge in [-0.25, -0.2) is 0 Å². The van der Waals surface area contributed by atoms with Gasteiger partial charge in [-0.3, -0.25) is 4.79 Å². The molecule has 1 aromatic carbocycles. The third-order valence-electron chi connectivity index (χ3n) is 2.69. The van der Waals surface area contributed by atoms with Crippen LogP contribution in [0.25, 0.3) is 0 Å². The van der Waals surface area contributed by atoms with E-state index in [1.807, 2.05) is 0 Å². The lowest BCUT2D eigenvalue weighted by Gasteiger charge is -2.28. The van der Waals surface area contributed by atoms with E-state index >= 15 is 0 Å². The molecule has 0 atom stereocenters. The Morgan fingerprint density at radius 2 is 2.06 bits per heavy atom. The van der Waals surface area contributed by atoms with E-state index in [1.165, 1.54) is 0 Å². The van der Waals surface area contributed by atoms with Gasteiger partial charge >= 0.3 is 0 Å². The van der Waals surface area contributed by atoms with Gasteiger partial charge in [-0.05, 0) is 38.5 Å². The van der Waals surface area contributed by atoms with E-state index in [4.69, 9.17) is 11.5 Å². The van der Waals surface area contributed by atoms with E-state index in [0.717, 1.165) is 18.5 Å². The van der Waals surface area contributed by atoms with E-state index in [-0.39, 0.29) is 5.54 Å². The van der Waals surface area contributed by atoms with Gasteiger partial charge < -0.3 is 16.8 Å². The first-order valence-electron chi connectivity index (χ1n) is 5.83. The number of nitrogen functional groups attached to an aromatic ring is 1. The normalized spacial score (nSPS) is 11.2. The van der Waals surface area contributed by atoms with Crippen LogP contribution in [0.4, 0.5) is 11.4 Å². The highest BCUT2D eigenvalue weighted by atomic mass is 16.1. The average molecular weight is 235 g/mol. The number of hydrogen-bond donors (Lipinski definition) is 3. The van der Waals surface area contributed by atoms with Crippen LogP contribution in [0.2, 0.25) is 0 Å². The zero-order chi connectivity index (χ0) is 13.1. The lowest BCUT2D eigenvalue weighted by atomic mass is 9.98. The van der Waals surface area contributed by atoms with Gasteiger partial charge in [0.05, 0.1) is 11.4 Å². The molecule has 94 valence electrons. The number of primary amides is 1. The van der Waals surface area contributed by atoms with Crippen molar-refractivity contribution in [1.82, 2.24) is 0 Å². The molecule has 5 N–H and O–H groups in total. The van der Waals surface area contributed by atoms with Crippen LogP contribution in [-0.2, 0) is 0 Å². The number of anilines is 2. The third kappa shape index (κ3) is 3.66. The number of nitrogens with one attached hydrogen (secondary N) is 1. The summed E-state index contributed by atoms with van der Waals surface area (Å²) in [5, 5.41) is 3.35. The van der Waals surface area contributed by atoms with Crippen LogP contribution in [0.5, 0.6) is 0 Å². The highest BCUT2D eigenvalue weighted by molar-refractivity contribution is 5.95. The van der Waals surface area contributed by atoms with Crippen LogP contribution in [0.15, 0.2) is 18.2 Å². The fourth-order valence-electron chi connectivity index (χ4n) is 1.87. The summed E-state index contributed by atoms with van der Waals surface area (Å²) < 4.78 is 0. The molecule has 0 unspecified atom stereocenters. The molecule has 0 saturated heterocycles. The highest BCUT2D eigenvalue weighted by Crippen LogP contribution is 2.25. The van der Waals surface area contributed by atoms with E-state index in [1.54, 1.807) is 18.2 Å². The van der Waals surface area contributed by atoms with E-state index < -0.39 is 5.91 Å². The lowest BCUT2D eigenvalue weighted by Crippen LogP contribution is -2.31. The molecule has 17 heavy (non-hydrogen) atoms. The lowest BCUT2D eigenvalue weighted by molar-refractivity contribution is 0.100. The first-order valence-corrected chi connectivity index (χ1v) is 5.83. The van der Waals surface area contributed by atoms with Crippen LogP contribution in [0.3, 0.4) is 0 Å². The van der Waals surface area contributed by atoms with Crippen molar-refractivity contribution < 1.29 is 4.79 Å². The van der Waals surface area contributed by atoms with Crippen molar-refractivity contribution in [1.29, 1.82) is 0 Å². The predicted octanol–water partition coefficient (Wildman–Crippen LogP) is 2.36. The first kappa shape index (κ1) is 13.4. The first-order chi connectivity index (χ1) is 7.85. The zero-order valence-corrected chi connectivity index (χ0v) is 10.7. The molecule has 4 nitrogen and oxygen atoms in total. The van der Waals surface area contributed by atoms with Crippen LogP contribution < -0.4 is 16.8 Å². The van der Waals surface area contributed by atoms with Crippen molar-refractivity contribution in [3.63, 3.8) is 0 Å². The van der Waals surface area contributed by atoms with Crippen molar-refractivity contribution in [2.45, 2.75) is 39.2 Å². The molecule has 0 aliphatic heterocycles. The van der Waals surface area contributed by atoms with Gasteiger partial charge in [-0.15, -0.1) is 0 Å². The van der Waals surface area contributed by atoms with Gasteiger partial charge in [0.1, 0.15) is 0 Å². The van der Waals surface area contributed by atoms with Gasteiger partial charge in [0.25, 0.3) is 0 Å².